The van der Waals surface area contributed by atoms with E-state index in [1.165, 1.54) is 11.8 Å². The van der Waals surface area contributed by atoms with Crippen LogP contribution in [0.3, 0.4) is 0 Å². The monoisotopic (exact) mass is 295 g/mol. The van der Waals surface area contributed by atoms with Crippen LogP contribution in [0.4, 0.5) is 0 Å². The number of aromatic nitrogens is 2. The van der Waals surface area contributed by atoms with Gasteiger partial charge in [-0.3, -0.25) is 4.79 Å². The molecule has 0 spiro atoms. The summed E-state index contributed by atoms with van der Waals surface area (Å²) in [4.78, 5) is 21.2. The van der Waals surface area contributed by atoms with E-state index < -0.39 is 0 Å². The Morgan fingerprint density at radius 3 is 2.95 bits per heavy atom. The SMILES string of the molecule is CC(C)[C@H](C)NC(=O)CSc1ncnc2sccc12. The average Bonchev–Trinajstić information content (AvgIpc) is 2.84. The van der Waals surface area contributed by atoms with Crippen molar-refractivity contribution in [2.24, 2.45) is 5.92 Å². The third-order valence-electron chi connectivity index (χ3n) is 2.95. The van der Waals surface area contributed by atoms with Crippen LogP contribution in [0.2, 0.25) is 0 Å². The van der Waals surface area contributed by atoms with Crippen molar-refractivity contribution in [3.8, 4) is 0 Å². The van der Waals surface area contributed by atoms with E-state index in [4.69, 9.17) is 0 Å². The van der Waals surface area contributed by atoms with Gasteiger partial charge >= 0.3 is 0 Å². The molecule has 0 radical (unpaired) electrons. The predicted molar refractivity (Wildman–Crippen MR) is 80.6 cm³/mol. The first kappa shape index (κ1) is 14.3. The Hall–Kier alpha value is -1.14. The maximum Gasteiger partial charge on any atom is 0.230 e. The van der Waals surface area contributed by atoms with Crippen LogP contribution in [0, 0.1) is 5.92 Å². The standard InChI is InChI=1S/C13H17N3OS2/c1-8(2)9(3)16-11(17)6-19-13-10-4-5-18-12(10)14-7-15-13/h4-5,7-9H,6H2,1-3H3,(H,16,17)/t9-/m0/s1. The third-order valence-corrected chi connectivity index (χ3v) is 4.78. The number of carbonyl (C=O) groups is 1. The Labute approximate surface area is 121 Å². The van der Waals surface area contributed by atoms with Crippen LogP contribution < -0.4 is 5.32 Å². The largest absolute Gasteiger partial charge is 0.353 e. The van der Waals surface area contributed by atoms with Crippen LogP contribution in [0.15, 0.2) is 22.8 Å². The zero-order chi connectivity index (χ0) is 13.8. The van der Waals surface area contributed by atoms with Gasteiger partial charge in [-0.1, -0.05) is 25.6 Å². The molecule has 2 rings (SSSR count). The predicted octanol–water partition coefficient (Wildman–Crippen LogP) is 2.94. The molecule has 0 bridgehead atoms. The third kappa shape index (κ3) is 3.67. The van der Waals surface area contributed by atoms with Crippen LogP contribution in [0.25, 0.3) is 10.2 Å². The Bertz CT molecular complexity index is 568. The summed E-state index contributed by atoms with van der Waals surface area (Å²) < 4.78 is 0. The van der Waals surface area contributed by atoms with Gasteiger partial charge < -0.3 is 5.32 Å². The summed E-state index contributed by atoms with van der Waals surface area (Å²) in [5, 5.41) is 6.88. The van der Waals surface area contributed by atoms with Crippen molar-refractivity contribution in [3.05, 3.63) is 17.8 Å². The van der Waals surface area contributed by atoms with E-state index in [1.54, 1.807) is 17.7 Å². The number of hydrogen-bond donors (Lipinski definition) is 1. The molecule has 102 valence electrons. The molecule has 0 aliphatic rings. The fourth-order valence-corrected chi connectivity index (χ4v) is 3.07. The van der Waals surface area contributed by atoms with Crippen LogP contribution in [0.1, 0.15) is 20.8 Å². The fraction of sp³-hybridized carbons (Fsp3) is 0.462. The van der Waals surface area contributed by atoms with Crippen LogP contribution in [0.5, 0.6) is 0 Å². The van der Waals surface area contributed by atoms with E-state index in [1.807, 2.05) is 18.4 Å². The number of fused-ring (bicyclic) bond motifs is 1. The highest BCUT2D eigenvalue weighted by Crippen LogP contribution is 2.27. The summed E-state index contributed by atoms with van der Waals surface area (Å²) in [6.07, 6.45) is 1.55. The van der Waals surface area contributed by atoms with E-state index in [0.29, 0.717) is 11.7 Å². The Kier molecular flexibility index (Phi) is 4.76. The van der Waals surface area contributed by atoms with E-state index in [0.717, 1.165) is 15.2 Å². The molecular weight excluding hydrogens is 278 g/mol. The smallest absolute Gasteiger partial charge is 0.230 e. The van der Waals surface area contributed by atoms with Gasteiger partial charge in [0.15, 0.2) is 0 Å². The second-order valence-electron chi connectivity index (χ2n) is 4.71. The zero-order valence-electron chi connectivity index (χ0n) is 11.2. The van der Waals surface area contributed by atoms with Crippen molar-refractivity contribution in [2.75, 3.05) is 5.75 Å². The minimum absolute atomic E-state index is 0.0493. The maximum absolute atomic E-state index is 11.8. The lowest BCUT2D eigenvalue weighted by Crippen LogP contribution is -2.37. The molecule has 0 fully saturated rings. The topological polar surface area (TPSA) is 54.9 Å². The molecule has 2 heterocycles. The lowest BCUT2D eigenvalue weighted by atomic mass is 10.1. The molecule has 2 aromatic heterocycles. The normalized spacial score (nSPS) is 12.8. The number of nitrogens with one attached hydrogen (secondary N) is 1. The Morgan fingerprint density at radius 2 is 2.21 bits per heavy atom. The highest BCUT2D eigenvalue weighted by atomic mass is 32.2. The van der Waals surface area contributed by atoms with E-state index >= 15 is 0 Å². The lowest BCUT2D eigenvalue weighted by Gasteiger charge is -2.17. The van der Waals surface area contributed by atoms with Gasteiger partial charge in [0.25, 0.3) is 0 Å². The minimum Gasteiger partial charge on any atom is -0.353 e. The van der Waals surface area contributed by atoms with Crippen molar-refractivity contribution in [3.63, 3.8) is 0 Å². The molecule has 1 N–H and O–H groups in total. The summed E-state index contributed by atoms with van der Waals surface area (Å²) in [5.41, 5.74) is 0. The second-order valence-corrected chi connectivity index (χ2v) is 6.57. The molecule has 0 unspecified atom stereocenters. The molecule has 0 aromatic carbocycles. The van der Waals surface area contributed by atoms with Gasteiger partial charge in [0.2, 0.25) is 5.91 Å². The molecular formula is C13H17N3OS2. The van der Waals surface area contributed by atoms with Crippen molar-refractivity contribution in [2.45, 2.75) is 31.8 Å². The molecule has 0 aliphatic carbocycles. The fourth-order valence-electron chi connectivity index (χ4n) is 1.48. The number of rotatable bonds is 5. The summed E-state index contributed by atoms with van der Waals surface area (Å²) in [6, 6.07) is 2.19. The van der Waals surface area contributed by atoms with Crippen molar-refractivity contribution >= 4 is 39.2 Å². The number of carbonyl (C=O) groups excluding carboxylic acids is 1. The minimum atomic E-state index is 0.0493. The molecule has 0 saturated heterocycles. The average molecular weight is 295 g/mol. The number of amides is 1. The van der Waals surface area contributed by atoms with Gasteiger partial charge in [0.05, 0.1) is 5.75 Å². The molecule has 1 amide bonds. The summed E-state index contributed by atoms with van der Waals surface area (Å²) in [6.45, 7) is 6.21. The summed E-state index contributed by atoms with van der Waals surface area (Å²) in [7, 11) is 0. The first-order valence-corrected chi connectivity index (χ1v) is 8.05. The molecule has 4 nitrogen and oxygen atoms in total. The highest BCUT2D eigenvalue weighted by molar-refractivity contribution is 8.00. The van der Waals surface area contributed by atoms with Crippen molar-refractivity contribution in [1.82, 2.24) is 15.3 Å². The number of nitrogens with zero attached hydrogens (tertiary/aromatic N) is 2. The van der Waals surface area contributed by atoms with Crippen LogP contribution >= 0.6 is 23.1 Å². The van der Waals surface area contributed by atoms with Gasteiger partial charge in [-0.2, -0.15) is 0 Å². The van der Waals surface area contributed by atoms with Gasteiger partial charge in [-0.15, -0.1) is 11.3 Å². The Morgan fingerprint density at radius 1 is 1.42 bits per heavy atom. The molecule has 1 atom stereocenters. The van der Waals surface area contributed by atoms with Crippen LogP contribution in [-0.2, 0) is 4.79 Å². The first-order chi connectivity index (χ1) is 9.08. The van der Waals surface area contributed by atoms with Gasteiger partial charge in [0, 0.05) is 11.4 Å². The lowest BCUT2D eigenvalue weighted by molar-refractivity contribution is -0.119. The molecule has 19 heavy (non-hydrogen) atoms. The number of thiophene rings is 1. The second kappa shape index (κ2) is 6.34. The molecule has 0 saturated carbocycles. The van der Waals surface area contributed by atoms with Crippen molar-refractivity contribution < 1.29 is 4.79 Å². The van der Waals surface area contributed by atoms with Crippen molar-refractivity contribution in [1.29, 1.82) is 0 Å². The van der Waals surface area contributed by atoms with Gasteiger partial charge in [0.1, 0.15) is 16.2 Å². The molecule has 6 heteroatoms. The first-order valence-electron chi connectivity index (χ1n) is 6.18. The summed E-state index contributed by atoms with van der Waals surface area (Å²) >= 11 is 3.05. The van der Waals surface area contributed by atoms with E-state index in [-0.39, 0.29) is 11.9 Å². The quantitative estimate of drug-likeness (QED) is 0.680. The summed E-state index contributed by atoms with van der Waals surface area (Å²) in [5.74, 6) is 0.878. The molecule has 0 aliphatic heterocycles. The zero-order valence-corrected chi connectivity index (χ0v) is 12.8. The van der Waals surface area contributed by atoms with Gasteiger partial charge in [-0.25, -0.2) is 9.97 Å². The van der Waals surface area contributed by atoms with E-state index in [9.17, 15) is 4.79 Å². The highest BCUT2D eigenvalue weighted by Gasteiger charge is 2.12. The Balaban J connectivity index is 1.95. The number of hydrogen-bond acceptors (Lipinski definition) is 5. The van der Waals surface area contributed by atoms with Crippen LogP contribution in [-0.4, -0.2) is 27.7 Å². The van der Waals surface area contributed by atoms with E-state index in [2.05, 4.69) is 29.1 Å². The number of thioether (sulfide) groups is 1. The molecule has 2 aromatic rings. The maximum atomic E-state index is 11.8. The van der Waals surface area contributed by atoms with Gasteiger partial charge in [-0.05, 0) is 24.3 Å².